The van der Waals surface area contributed by atoms with Crippen LogP contribution in [0.1, 0.15) is 38.7 Å². The molecule has 1 aromatic rings. The monoisotopic (exact) mass is 316 g/mol. The highest BCUT2D eigenvalue weighted by Gasteiger charge is 2.41. The minimum atomic E-state index is -0.647. The minimum absolute atomic E-state index is 0.0579. The number of hydrogen-bond donors (Lipinski definition) is 0. The molecule has 1 heterocycles. The van der Waals surface area contributed by atoms with Gasteiger partial charge in [-0.05, 0) is 25.0 Å². The van der Waals surface area contributed by atoms with Crippen LogP contribution in [0.2, 0.25) is 5.02 Å². The highest BCUT2D eigenvalue weighted by atomic mass is 35.5. The normalized spacial score (nSPS) is 20.8. The van der Waals surface area contributed by atoms with Crippen LogP contribution in [0.3, 0.4) is 0 Å². The number of hydrogen-bond acceptors (Lipinski definition) is 2. The van der Waals surface area contributed by atoms with E-state index >= 15 is 0 Å². The molecule has 1 aromatic carbocycles. The van der Waals surface area contributed by atoms with Gasteiger partial charge in [0.1, 0.15) is 0 Å². The molecule has 0 spiro atoms. The Morgan fingerprint density at radius 2 is 1.65 bits per heavy atom. The third-order valence-corrected chi connectivity index (χ3v) is 4.08. The SMILES string of the molecule is CC1(C)COC(CCCCCl)(c2ccc(Cl)cc2)OC1. The number of benzene rings is 1. The Balaban J connectivity index is 2.18. The zero-order chi connectivity index (χ0) is 14.6. The molecule has 112 valence electrons. The molecule has 0 aliphatic carbocycles. The van der Waals surface area contributed by atoms with Gasteiger partial charge in [-0.2, -0.15) is 0 Å². The van der Waals surface area contributed by atoms with Gasteiger partial charge in [-0.25, -0.2) is 0 Å². The van der Waals surface area contributed by atoms with Crippen LogP contribution in [-0.2, 0) is 15.3 Å². The molecule has 1 aliphatic rings. The van der Waals surface area contributed by atoms with Crippen LogP contribution < -0.4 is 0 Å². The highest BCUT2D eigenvalue weighted by molar-refractivity contribution is 6.30. The second kappa shape index (κ2) is 6.65. The van der Waals surface area contributed by atoms with Gasteiger partial charge in [0.2, 0.25) is 0 Å². The van der Waals surface area contributed by atoms with E-state index in [2.05, 4.69) is 13.8 Å². The molecule has 2 nitrogen and oxygen atoms in total. The number of rotatable bonds is 5. The van der Waals surface area contributed by atoms with Gasteiger partial charge in [-0.15, -0.1) is 11.6 Å². The molecule has 0 N–H and O–H groups in total. The van der Waals surface area contributed by atoms with Crippen molar-refractivity contribution in [2.45, 2.75) is 38.9 Å². The summed E-state index contributed by atoms with van der Waals surface area (Å²) in [6.07, 6.45) is 2.76. The van der Waals surface area contributed by atoms with E-state index in [9.17, 15) is 0 Å². The Bertz CT molecular complexity index is 419. The van der Waals surface area contributed by atoms with Gasteiger partial charge in [-0.3, -0.25) is 0 Å². The Labute approximate surface area is 131 Å². The van der Waals surface area contributed by atoms with Crippen molar-refractivity contribution in [1.29, 1.82) is 0 Å². The van der Waals surface area contributed by atoms with E-state index < -0.39 is 5.79 Å². The molecule has 0 atom stereocenters. The second-order valence-corrected chi connectivity index (χ2v) is 6.96. The van der Waals surface area contributed by atoms with Gasteiger partial charge < -0.3 is 9.47 Å². The number of alkyl halides is 1. The van der Waals surface area contributed by atoms with Crippen molar-refractivity contribution in [1.82, 2.24) is 0 Å². The topological polar surface area (TPSA) is 18.5 Å². The fraction of sp³-hybridized carbons (Fsp3) is 0.625. The van der Waals surface area contributed by atoms with Crippen molar-refractivity contribution in [3.63, 3.8) is 0 Å². The maximum atomic E-state index is 6.14. The Morgan fingerprint density at radius 1 is 1.05 bits per heavy atom. The quantitative estimate of drug-likeness (QED) is 0.563. The molecular weight excluding hydrogens is 295 g/mol. The molecule has 0 radical (unpaired) electrons. The zero-order valence-corrected chi connectivity index (χ0v) is 13.6. The van der Waals surface area contributed by atoms with Crippen LogP contribution in [-0.4, -0.2) is 19.1 Å². The zero-order valence-electron chi connectivity index (χ0n) is 12.1. The molecule has 1 aliphatic heterocycles. The van der Waals surface area contributed by atoms with E-state index in [-0.39, 0.29) is 5.41 Å². The molecule has 1 fully saturated rings. The summed E-state index contributed by atoms with van der Waals surface area (Å²) in [6.45, 7) is 5.68. The summed E-state index contributed by atoms with van der Waals surface area (Å²) >= 11 is 11.7. The van der Waals surface area contributed by atoms with Crippen LogP contribution in [0.4, 0.5) is 0 Å². The van der Waals surface area contributed by atoms with Crippen molar-refractivity contribution in [2.75, 3.05) is 19.1 Å². The van der Waals surface area contributed by atoms with E-state index in [1.54, 1.807) is 0 Å². The predicted octanol–water partition coefficient (Wildman–Crippen LogP) is 4.97. The fourth-order valence-electron chi connectivity index (χ4n) is 2.32. The van der Waals surface area contributed by atoms with E-state index in [0.717, 1.165) is 29.8 Å². The van der Waals surface area contributed by atoms with Gasteiger partial charge in [0, 0.05) is 28.3 Å². The van der Waals surface area contributed by atoms with Gasteiger partial charge in [0.25, 0.3) is 0 Å². The summed E-state index contributed by atoms with van der Waals surface area (Å²) < 4.78 is 12.3. The average molecular weight is 317 g/mol. The molecule has 0 bridgehead atoms. The van der Waals surface area contributed by atoms with E-state index in [1.807, 2.05) is 24.3 Å². The summed E-state index contributed by atoms with van der Waals surface area (Å²) in [7, 11) is 0. The maximum absolute atomic E-state index is 6.14. The number of ether oxygens (including phenoxy) is 2. The van der Waals surface area contributed by atoms with Crippen LogP contribution in [0.15, 0.2) is 24.3 Å². The molecule has 2 rings (SSSR count). The molecule has 20 heavy (non-hydrogen) atoms. The van der Waals surface area contributed by atoms with E-state index in [1.165, 1.54) is 0 Å². The molecular formula is C16H22Cl2O2. The third-order valence-electron chi connectivity index (χ3n) is 3.57. The van der Waals surface area contributed by atoms with Gasteiger partial charge in [-0.1, -0.05) is 37.6 Å². The number of halogens is 2. The van der Waals surface area contributed by atoms with Crippen molar-refractivity contribution >= 4 is 23.2 Å². The second-order valence-electron chi connectivity index (χ2n) is 6.15. The van der Waals surface area contributed by atoms with Crippen molar-refractivity contribution < 1.29 is 9.47 Å². The summed E-state index contributed by atoms with van der Waals surface area (Å²) in [4.78, 5) is 0. The number of unbranched alkanes of at least 4 members (excludes halogenated alkanes) is 1. The first kappa shape index (κ1) is 16.1. The average Bonchev–Trinajstić information content (AvgIpc) is 2.42. The lowest BCUT2D eigenvalue weighted by Gasteiger charge is -2.44. The summed E-state index contributed by atoms with van der Waals surface area (Å²) in [6, 6.07) is 7.74. The van der Waals surface area contributed by atoms with Crippen LogP contribution in [0.5, 0.6) is 0 Å². The first-order valence-electron chi connectivity index (χ1n) is 7.07. The lowest BCUT2D eigenvalue weighted by atomic mass is 9.91. The van der Waals surface area contributed by atoms with Crippen LogP contribution >= 0.6 is 23.2 Å². The molecule has 0 aromatic heterocycles. The molecule has 0 amide bonds. The largest absolute Gasteiger partial charge is 0.345 e. The van der Waals surface area contributed by atoms with Gasteiger partial charge >= 0.3 is 0 Å². The summed E-state index contributed by atoms with van der Waals surface area (Å²) in [5, 5.41) is 0.723. The predicted molar refractivity (Wildman–Crippen MR) is 83.4 cm³/mol. The van der Waals surface area contributed by atoms with Crippen molar-refractivity contribution in [2.24, 2.45) is 5.41 Å². The maximum Gasteiger partial charge on any atom is 0.194 e. The third kappa shape index (κ3) is 3.88. The van der Waals surface area contributed by atoms with Crippen molar-refractivity contribution in [3.05, 3.63) is 34.9 Å². The van der Waals surface area contributed by atoms with Crippen LogP contribution in [0, 0.1) is 5.41 Å². The van der Waals surface area contributed by atoms with Gasteiger partial charge in [0.15, 0.2) is 5.79 Å². The van der Waals surface area contributed by atoms with Crippen molar-refractivity contribution in [3.8, 4) is 0 Å². The lowest BCUT2D eigenvalue weighted by molar-refractivity contribution is -0.311. The molecule has 4 heteroatoms. The Morgan fingerprint density at radius 3 is 2.20 bits per heavy atom. The first-order valence-corrected chi connectivity index (χ1v) is 7.99. The van der Waals surface area contributed by atoms with Crippen LogP contribution in [0.25, 0.3) is 0 Å². The first-order chi connectivity index (χ1) is 9.47. The van der Waals surface area contributed by atoms with E-state index in [4.69, 9.17) is 32.7 Å². The summed E-state index contributed by atoms with van der Waals surface area (Å²) in [5.41, 5.74) is 1.09. The van der Waals surface area contributed by atoms with E-state index in [0.29, 0.717) is 19.1 Å². The Hall–Kier alpha value is -0.280. The van der Waals surface area contributed by atoms with Gasteiger partial charge in [0.05, 0.1) is 13.2 Å². The molecule has 0 unspecified atom stereocenters. The standard InChI is InChI=1S/C16H22Cl2O2/c1-15(2)11-19-16(20-12-15,9-3-4-10-17)13-5-7-14(18)8-6-13/h5-8H,3-4,9-12H2,1-2H3. The molecule has 0 saturated carbocycles. The highest BCUT2D eigenvalue weighted by Crippen LogP contribution is 2.40. The Kier molecular flexibility index (Phi) is 5.36. The fourth-order valence-corrected chi connectivity index (χ4v) is 2.63. The minimum Gasteiger partial charge on any atom is -0.345 e. The summed E-state index contributed by atoms with van der Waals surface area (Å²) in [5.74, 6) is 0.0222. The smallest absolute Gasteiger partial charge is 0.194 e. The lowest BCUT2D eigenvalue weighted by Crippen LogP contribution is -2.45. The molecule has 1 saturated heterocycles.